The van der Waals surface area contributed by atoms with Gasteiger partial charge < -0.3 is 10.6 Å². The first-order valence-electron chi connectivity index (χ1n) is 7.33. The van der Waals surface area contributed by atoms with Gasteiger partial charge in [0.1, 0.15) is 5.82 Å². The number of carbonyl (C=O) groups excluding carboxylic acids is 1. The lowest BCUT2D eigenvalue weighted by atomic mass is 9.90. The van der Waals surface area contributed by atoms with Crippen LogP contribution in [0.15, 0.2) is 24.3 Å². The molecule has 2 N–H and O–H groups in total. The van der Waals surface area contributed by atoms with Gasteiger partial charge in [0, 0.05) is 25.6 Å². The smallest absolute Gasteiger partial charge is 0.224 e. The third kappa shape index (κ3) is 4.04. The van der Waals surface area contributed by atoms with E-state index in [9.17, 15) is 9.18 Å². The summed E-state index contributed by atoms with van der Waals surface area (Å²) in [4.78, 5) is 13.8. The molecule has 4 heteroatoms. The van der Waals surface area contributed by atoms with Crippen molar-refractivity contribution in [3.8, 4) is 0 Å². The van der Waals surface area contributed by atoms with Gasteiger partial charge in [-0.25, -0.2) is 4.39 Å². The molecule has 1 aromatic carbocycles. The molecule has 110 valence electrons. The molecule has 1 aromatic rings. The average Bonchev–Trinajstić information content (AvgIpc) is 2.41. The SMILES string of the molecule is CC(N)CC(=O)N1CCC(Cc2ccccc2F)CC1. The lowest BCUT2D eigenvalue weighted by Crippen LogP contribution is -2.40. The minimum absolute atomic E-state index is 0.0846. The zero-order valence-corrected chi connectivity index (χ0v) is 12.0. The third-order valence-corrected chi connectivity index (χ3v) is 3.93. The normalized spacial score (nSPS) is 18.1. The van der Waals surface area contributed by atoms with Crippen LogP contribution in [0, 0.1) is 11.7 Å². The summed E-state index contributed by atoms with van der Waals surface area (Å²) in [5.74, 6) is 0.485. The fourth-order valence-corrected chi connectivity index (χ4v) is 2.77. The van der Waals surface area contributed by atoms with E-state index in [0.29, 0.717) is 12.3 Å². The van der Waals surface area contributed by atoms with Crippen molar-refractivity contribution in [2.75, 3.05) is 13.1 Å². The van der Waals surface area contributed by atoms with E-state index in [1.807, 2.05) is 24.0 Å². The first-order chi connectivity index (χ1) is 9.56. The highest BCUT2D eigenvalue weighted by Crippen LogP contribution is 2.23. The molecule has 20 heavy (non-hydrogen) atoms. The maximum Gasteiger partial charge on any atom is 0.224 e. The molecule has 2 rings (SSSR count). The van der Waals surface area contributed by atoms with Gasteiger partial charge in [-0.1, -0.05) is 18.2 Å². The Morgan fingerprint density at radius 2 is 2.05 bits per heavy atom. The van der Waals surface area contributed by atoms with Gasteiger partial charge in [0.15, 0.2) is 0 Å². The van der Waals surface area contributed by atoms with Crippen LogP contribution in [0.25, 0.3) is 0 Å². The second-order valence-corrected chi connectivity index (χ2v) is 5.80. The molecule has 0 saturated carbocycles. The van der Waals surface area contributed by atoms with Crippen molar-refractivity contribution in [3.05, 3.63) is 35.6 Å². The van der Waals surface area contributed by atoms with Crippen LogP contribution in [0.3, 0.4) is 0 Å². The predicted molar refractivity (Wildman–Crippen MR) is 77.7 cm³/mol. The molecule has 1 unspecified atom stereocenters. The molecule has 1 atom stereocenters. The molecule has 1 aliphatic heterocycles. The minimum Gasteiger partial charge on any atom is -0.343 e. The van der Waals surface area contributed by atoms with E-state index in [2.05, 4.69) is 0 Å². The number of likely N-dealkylation sites (tertiary alicyclic amines) is 1. The van der Waals surface area contributed by atoms with Crippen LogP contribution in [0.2, 0.25) is 0 Å². The first kappa shape index (κ1) is 15.0. The lowest BCUT2D eigenvalue weighted by Gasteiger charge is -2.32. The number of amides is 1. The van der Waals surface area contributed by atoms with E-state index in [1.54, 1.807) is 6.07 Å². The van der Waals surface area contributed by atoms with E-state index in [4.69, 9.17) is 5.73 Å². The van der Waals surface area contributed by atoms with Crippen molar-refractivity contribution >= 4 is 5.91 Å². The molecule has 1 aliphatic rings. The van der Waals surface area contributed by atoms with Crippen molar-refractivity contribution in [1.29, 1.82) is 0 Å². The molecule has 1 heterocycles. The number of piperidine rings is 1. The Hall–Kier alpha value is -1.42. The summed E-state index contributed by atoms with van der Waals surface area (Å²) in [7, 11) is 0. The molecule has 0 aliphatic carbocycles. The van der Waals surface area contributed by atoms with E-state index >= 15 is 0 Å². The summed E-state index contributed by atoms with van der Waals surface area (Å²) in [6.07, 6.45) is 3.07. The summed E-state index contributed by atoms with van der Waals surface area (Å²) < 4.78 is 13.6. The number of hydrogen-bond acceptors (Lipinski definition) is 2. The van der Waals surface area contributed by atoms with Gasteiger partial charge in [0.2, 0.25) is 5.91 Å². The predicted octanol–water partition coefficient (Wildman–Crippen LogP) is 2.34. The minimum atomic E-state index is -0.122. The topological polar surface area (TPSA) is 46.3 Å². The number of nitrogens with two attached hydrogens (primary N) is 1. The van der Waals surface area contributed by atoms with Crippen LogP contribution < -0.4 is 5.73 Å². The van der Waals surface area contributed by atoms with E-state index < -0.39 is 0 Å². The average molecular weight is 278 g/mol. The molecule has 1 fully saturated rings. The molecule has 0 aromatic heterocycles. The van der Waals surface area contributed by atoms with Crippen molar-refractivity contribution in [3.63, 3.8) is 0 Å². The summed E-state index contributed by atoms with van der Waals surface area (Å²) in [5, 5.41) is 0. The second kappa shape index (κ2) is 6.84. The van der Waals surface area contributed by atoms with Gasteiger partial charge in [-0.05, 0) is 43.7 Å². The lowest BCUT2D eigenvalue weighted by molar-refractivity contribution is -0.132. The van der Waals surface area contributed by atoms with Gasteiger partial charge in [-0.2, -0.15) is 0 Å². The standard InChI is InChI=1S/C16H23FN2O/c1-12(18)10-16(20)19-8-6-13(7-9-19)11-14-4-2-3-5-15(14)17/h2-5,12-13H,6-11,18H2,1H3. The number of rotatable bonds is 4. The Morgan fingerprint density at radius 1 is 1.40 bits per heavy atom. The zero-order chi connectivity index (χ0) is 14.5. The Labute approximate surface area is 120 Å². The fraction of sp³-hybridized carbons (Fsp3) is 0.562. The largest absolute Gasteiger partial charge is 0.343 e. The number of benzene rings is 1. The molecule has 1 saturated heterocycles. The van der Waals surface area contributed by atoms with E-state index in [-0.39, 0.29) is 17.8 Å². The fourth-order valence-electron chi connectivity index (χ4n) is 2.77. The Balaban J connectivity index is 1.83. The van der Waals surface area contributed by atoms with Gasteiger partial charge in [0.05, 0.1) is 0 Å². The van der Waals surface area contributed by atoms with E-state index in [0.717, 1.165) is 37.9 Å². The van der Waals surface area contributed by atoms with Gasteiger partial charge in [0.25, 0.3) is 0 Å². The molecule has 0 spiro atoms. The monoisotopic (exact) mass is 278 g/mol. The maximum atomic E-state index is 13.6. The maximum absolute atomic E-state index is 13.6. The molecule has 0 radical (unpaired) electrons. The molecular weight excluding hydrogens is 255 g/mol. The van der Waals surface area contributed by atoms with Crippen molar-refractivity contribution in [2.45, 2.75) is 38.6 Å². The zero-order valence-electron chi connectivity index (χ0n) is 12.0. The molecular formula is C16H23FN2O. The Kier molecular flexibility index (Phi) is 5.12. The molecule has 0 bridgehead atoms. The number of hydrogen-bond donors (Lipinski definition) is 1. The summed E-state index contributed by atoms with van der Waals surface area (Å²) >= 11 is 0. The van der Waals surface area contributed by atoms with Crippen LogP contribution in [0.5, 0.6) is 0 Å². The van der Waals surface area contributed by atoms with Crippen LogP contribution in [0.4, 0.5) is 4.39 Å². The summed E-state index contributed by atoms with van der Waals surface area (Å²) in [6.45, 7) is 3.39. The van der Waals surface area contributed by atoms with Gasteiger partial charge in [-0.15, -0.1) is 0 Å². The van der Waals surface area contributed by atoms with Gasteiger partial charge in [-0.3, -0.25) is 4.79 Å². The third-order valence-electron chi connectivity index (χ3n) is 3.93. The van der Waals surface area contributed by atoms with Crippen LogP contribution in [-0.2, 0) is 11.2 Å². The van der Waals surface area contributed by atoms with Crippen molar-refractivity contribution < 1.29 is 9.18 Å². The number of halogens is 1. The Morgan fingerprint density at radius 3 is 2.65 bits per heavy atom. The molecule has 3 nitrogen and oxygen atoms in total. The van der Waals surface area contributed by atoms with Crippen LogP contribution in [-0.4, -0.2) is 29.9 Å². The second-order valence-electron chi connectivity index (χ2n) is 5.80. The molecule has 1 amide bonds. The summed E-state index contributed by atoms with van der Waals surface area (Å²) in [6, 6.07) is 6.87. The highest BCUT2D eigenvalue weighted by molar-refractivity contribution is 5.76. The first-order valence-corrected chi connectivity index (χ1v) is 7.33. The highest BCUT2D eigenvalue weighted by Gasteiger charge is 2.23. The van der Waals surface area contributed by atoms with Crippen molar-refractivity contribution in [2.24, 2.45) is 11.7 Å². The van der Waals surface area contributed by atoms with E-state index in [1.165, 1.54) is 6.07 Å². The van der Waals surface area contributed by atoms with Crippen LogP contribution >= 0.6 is 0 Å². The quantitative estimate of drug-likeness (QED) is 0.919. The number of carbonyl (C=O) groups is 1. The summed E-state index contributed by atoms with van der Waals surface area (Å²) in [5.41, 5.74) is 6.44. The van der Waals surface area contributed by atoms with Gasteiger partial charge >= 0.3 is 0 Å². The Bertz CT molecular complexity index is 454. The van der Waals surface area contributed by atoms with Crippen molar-refractivity contribution in [1.82, 2.24) is 4.90 Å². The highest BCUT2D eigenvalue weighted by atomic mass is 19.1. The van der Waals surface area contributed by atoms with Crippen LogP contribution in [0.1, 0.15) is 31.7 Å². The number of nitrogens with zero attached hydrogens (tertiary/aromatic N) is 1.